The largest absolute Gasteiger partial charge is 0.472 e. The first-order valence-electron chi connectivity index (χ1n) is 23.3. The molecule has 0 aliphatic rings. The van der Waals surface area contributed by atoms with Crippen molar-refractivity contribution in [3.8, 4) is 0 Å². The summed E-state index contributed by atoms with van der Waals surface area (Å²) >= 11 is 0. The van der Waals surface area contributed by atoms with Crippen LogP contribution in [0.1, 0.15) is 168 Å². The van der Waals surface area contributed by atoms with Gasteiger partial charge in [0, 0.05) is 13.0 Å². The van der Waals surface area contributed by atoms with E-state index in [1.807, 2.05) is 21.1 Å². The molecule has 340 valence electrons. The van der Waals surface area contributed by atoms with Crippen molar-refractivity contribution in [2.45, 2.75) is 174 Å². The van der Waals surface area contributed by atoms with Gasteiger partial charge in [-0.25, -0.2) is 4.57 Å². The Morgan fingerprint density at radius 3 is 1.47 bits per heavy atom. The lowest BCUT2D eigenvalue weighted by molar-refractivity contribution is -0.870. The summed E-state index contributed by atoms with van der Waals surface area (Å²) in [5.41, 5.74) is 0. The molecule has 0 fully saturated rings. The Balaban J connectivity index is 4.28. The highest BCUT2D eigenvalue weighted by atomic mass is 31.2. The summed E-state index contributed by atoms with van der Waals surface area (Å²) in [5.74, 6) is -0.361. The summed E-state index contributed by atoms with van der Waals surface area (Å²) in [6.45, 7) is 5.39. The molecular weight excluding hydrogens is 758 g/mol. The maximum absolute atomic E-state index is 12.7. The zero-order valence-electron chi connectivity index (χ0n) is 38.5. The van der Waals surface area contributed by atoms with Crippen molar-refractivity contribution in [1.29, 1.82) is 0 Å². The van der Waals surface area contributed by atoms with Crippen molar-refractivity contribution in [2.75, 3.05) is 54.1 Å². The highest BCUT2D eigenvalue weighted by Crippen LogP contribution is 2.43. The Morgan fingerprint density at radius 2 is 0.983 bits per heavy atom. The first kappa shape index (κ1) is 56.7. The van der Waals surface area contributed by atoms with Crippen molar-refractivity contribution in [1.82, 2.24) is 0 Å². The lowest BCUT2D eigenvalue weighted by atomic mass is 10.1. The molecule has 0 saturated carbocycles. The molecule has 2 atom stereocenters. The quantitative estimate of drug-likeness (QED) is 0.0215. The van der Waals surface area contributed by atoms with Crippen LogP contribution in [-0.4, -0.2) is 75.6 Å². The molecule has 0 rings (SSSR count). The molecule has 0 saturated heterocycles. The monoisotopic (exact) mass is 847 g/mol. The van der Waals surface area contributed by atoms with Gasteiger partial charge in [0.15, 0.2) is 0 Å². The van der Waals surface area contributed by atoms with Gasteiger partial charge < -0.3 is 18.9 Å². The number of phosphoric ester groups is 1. The van der Waals surface area contributed by atoms with Crippen LogP contribution in [-0.2, 0) is 27.9 Å². The minimum atomic E-state index is -4.30. The minimum absolute atomic E-state index is 0.0736. The standard InChI is InChI=1S/C50H88NO7P/c1-6-8-10-12-14-16-18-20-22-23-24-25-26-27-28-30-32-34-36-38-40-42-45-55-47-49(48-57-59(53,54)56-46-44-51(3,4)5)58-50(52)43-41-39-37-35-33-31-29-21-19-17-15-13-11-9-7-2/h9,11,15,17-18,20-21,23-24,26-27,29,33,35,49H,6-8,10,12-14,16,19,22,25,28,30-32,34,36-48H2,1-5H3/p+1/b11-9-,17-15-,20-18-,24-23-,27-26-,29-21-,35-33-. The number of unbranched alkanes of at least 4 members (excludes halogenated alkanes) is 14. The number of allylic oxidation sites excluding steroid dienone is 14. The number of ether oxygens (including phenoxy) is 2. The van der Waals surface area contributed by atoms with Gasteiger partial charge in [0.25, 0.3) is 0 Å². The Labute approximate surface area is 363 Å². The number of nitrogens with zero attached hydrogens (tertiary/aromatic N) is 1. The van der Waals surface area contributed by atoms with Gasteiger partial charge in [0.2, 0.25) is 0 Å². The smallest absolute Gasteiger partial charge is 0.457 e. The molecule has 0 aromatic rings. The van der Waals surface area contributed by atoms with Crippen LogP contribution >= 0.6 is 7.82 Å². The van der Waals surface area contributed by atoms with E-state index in [0.717, 1.165) is 77.0 Å². The van der Waals surface area contributed by atoms with Crippen molar-refractivity contribution in [2.24, 2.45) is 0 Å². The summed E-state index contributed by atoms with van der Waals surface area (Å²) in [7, 11) is 1.62. The summed E-state index contributed by atoms with van der Waals surface area (Å²) in [6.07, 6.45) is 56.3. The zero-order chi connectivity index (χ0) is 43.4. The van der Waals surface area contributed by atoms with Crippen molar-refractivity contribution in [3.63, 3.8) is 0 Å². The number of carbonyl (C=O) groups excluding carboxylic acids is 1. The molecule has 0 aliphatic heterocycles. The molecule has 0 heterocycles. The number of hydrogen-bond acceptors (Lipinski definition) is 6. The molecule has 2 unspecified atom stereocenters. The normalized spacial score (nSPS) is 14.5. The third kappa shape index (κ3) is 46.6. The van der Waals surface area contributed by atoms with Crippen molar-refractivity contribution < 1.29 is 37.3 Å². The Hall–Kier alpha value is -2.32. The van der Waals surface area contributed by atoms with Gasteiger partial charge in [-0.3, -0.25) is 13.8 Å². The van der Waals surface area contributed by atoms with Crippen LogP contribution in [0.5, 0.6) is 0 Å². The fourth-order valence-electron chi connectivity index (χ4n) is 5.84. The van der Waals surface area contributed by atoms with Gasteiger partial charge in [-0.1, -0.05) is 157 Å². The van der Waals surface area contributed by atoms with Crippen molar-refractivity contribution in [3.05, 3.63) is 85.1 Å². The summed E-state index contributed by atoms with van der Waals surface area (Å²) in [5, 5.41) is 0. The molecule has 0 aromatic heterocycles. The molecule has 0 aromatic carbocycles. The van der Waals surface area contributed by atoms with Crippen LogP contribution in [0.2, 0.25) is 0 Å². The second-order valence-corrected chi connectivity index (χ2v) is 17.9. The van der Waals surface area contributed by atoms with Crippen LogP contribution < -0.4 is 0 Å². The molecule has 0 amide bonds. The number of esters is 1. The molecule has 0 aliphatic carbocycles. The Kier molecular flexibility index (Phi) is 40.7. The number of rotatable bonds is 42. The average Bonchev–Trinajstić information content (AvgIpc) is 3.19. The number of likely N-dealkylation sites (N-methyl/N-ethyl adjacent to an activating group) is 1. The number of hydrogen-bond donors (Lipinski definition) is 1. The van der Waals surface area contributed by atoms with Gasteiger partial charge in [0.05, 0.1) is 34.4 Å². The SMILES string of the molecule is CC/C=C\C/C=C\C/C=C\C/C=C\CCCCC(=O)OC(COCCCCCCCCC/C=C\C/C=C\C/C=C\CCCCCCC)COP(=O)(O)OCC[N+](C)(C)C. The van der Waals surface area contributed by atoms with Gasteiger partial charge in [-0.05, 0) is 89.9 Å². The molecule has 0 radical (unpaired) electrons. The summed E-state index contributed by atoms with van der Waals surface area (Å²) in [6, 6.07) is 0. The van der Waals surface area contributed by atoms with E-state index in [9.17, 15) is 14.3 Å². The van der Waals surface area contributed by atoms with Crippen LogP contribution in [0.4, 0.5) is 0 Å². The highest BCUT2D eigenvalue weighted by Gasteiger charge is 2.26. The van der Waals surface area contributed by atoms with Crippen molar-refractivity contribution >= 4 is 13.8 Å². The number of quaternary nitrogens is 1. The average molecular weight is 847 g/mol. The highest BCUT2D eigenvalue weighted by molar-refractivity contribution is 7.47. The molecule has 0 bridgehead atoms. The van der Waals surface area contributed by atoms with E-state index < -0.39 is 13.9 Å². The summed E-state index contributed by atoms with van der Waals surface area (Å²) in [4.78, 5) is 22.9. The van der Waals surface area contributed by atoms with E-state index in [0.29, 0.717) is 24.1 Å². The first-order chi connectivity index (χ1) is 28.6. The van der Waals surface area contributed by atoms with Crippen LogP contribution in [0.25, 0.3) is 0 Å². The number of carbonyl (C=O) groups is 1. The maximum Gasteiger partial charge on any atom is 0.472 e. The molecule has 8 nitrogen and oxygen atoms in total. The topological polar surface area (TPSA) is 91.3 Å². The fraction of sp³-hybridized carbons (Fsp3) is 0.700. The third-order valence-electron chi connectivity index (χ3n) is 9.44. The van der Waals surface area contributed by atoms with E-state index in [2.05, 4.69) is 98.9 Å². The fourth-order valence-corrected chi connectivity index (χ4v) is 6.58. The molecular formula is C50H89NO7P+. The maximum atomic E-state index is 12.7. The lowest BCUT2D eigenvalue weighted by Gasteiger charge is -2.24. The second kappa shape index (κ2) is 42.4. The first-order valence-corrected chi connectivity index (χ1v) is 24.8. The van der Waals surface area contributed by atoms with Gasteiger partial charge >= 0.3 is 13.8 Å². The predicted octanol–water partition coefficient (Wildman–Crippen LogP) is 14.1. The van der Waals surface area contributed by atoms with Crippen LogP contribution in [0.3, 0.4) is 0 Å². The van der Waals surface area contributed by atoms with E-state index in [4.69, 9.17) is 18.5 Å². The van der Waals surface area contributed by atoms with E-state index in [1.54, 1.807) is 0 Å². The van der Waals surface area contributed by atoms with Crippen LogP contribution in [0, 0.1) is 0 Å². The zero-order valence-corrected chi connectivity index (χ0v) is 39.4. The van der Waals surface area contributed by atoms with E-state index in [1.165, 1.54) is 64.2 Å². The van der Waals surface area contributed by atoms with Crippen LogP contribution in [0.15, 0.2) is 85.1 Å². The number of phosphoric acid groups is 1. The minimum Gasteiger partial charge on any atom is -0.457 e. The third-order valence-corrected chi connectivity index (χ3v) is 10.4. The second-order valence-electron chi connectivity index (χ2n) is 16.4. The molecule has 0 spiro atoms. The Bertz CT molecular complexity index is 1210. The van der Waals surface area contributed by atoms with E-state index >= 15 is 0 Å². The molecule has 59 heavy (non-hydrogen) atoms. The van der Waals surface area contributed by atoms with E-state index in [-0.39, 0.29) is 32.2 Å². The van der Waals surface area contributed by atoms with Gasteiger partial charge in [-0.15, -0.1) is 0 Å². The van der Waals surface area contributed by atoms with Gasteiger partial charge in [0.1, 0.15) is 19.3 Å². The molecule has 1 N–H and O–H groups in total. The van der Waals surface area contributed by atoms with Gasteiger partial charge in [-0.2, -0.15) is 0 Å². The predicted molar refractivity (Wildman–Crippen MR) is 251 cm³/mol. The Morgan fingerprint density at radius 1 is 0.542 bits per heavy atom. The lowest BCUT2D eigenvalue weighted by Crippen LogP contribution is -2.37. The summed E-state index contributed by atoms with van der Waals surface area (Å²) < 4.78 is 35.0. The molecule has 9 heteroatoms.